The second kappa shape index (κ2) is 11.2. The molecular formula is C29H21Br2N3O5S2. The number of halogens is 2. The van der Waals surface area contributed by atoms with Crippen molar-refractivity contribution in [2.24, 2.45) is 5.92 Å². The first-order valence-corrected chi connectivity index (χ1v) is 15.8. The fourth-order valence-electron chi connectivity index (χ4n) is 5.18. The summed E-state index contributed by atoms with van der Waals surface area (Å²) in [5.41, 5.74) is 1.87. The van der Waals surface area contributed by atoms with Gasteiger partial charge in [-0.25, -0.2) is 4.90 Å². The molecule has 3 amide bonds. The molecule has 3 heterocycles. The molecule has 3 unspecified atom stereocenters. The highest BCUT2D eigenvalue weighted by atomic mass is 79.9. The standard InChI is InChI=1S/C29H21Br2N3O5S2/c1-39-20-11-7-18(8-12-20)32-21(35)14-33-28-25(41-29(33)38)22(15-3-2-4-17(31)13-15)23-24(40-28)27(37)34(26(23)36)19-9-5-16(30)6-10-19/h2-13,22-24H,14H2,1H3,(H,32,35). The molecule has 2 aliphatic rings. The van der Waals surface area contributed by atoms with Crippen LogP contribution in [0.3, 0.4) is 0 Å². The quantitative estimate of drug-likeness (QED) is 0.251. The first kappa shape index (κ1) is 28.0. The van der Waals surface area contributed by atoms with E-state index in [0.717, 1.165) is 25.8 Å². The lowest BCUT2D eigenvalue weighted by molar-refractivity contribution is -0.122. The van der Waals surface area contributed by atoms with Gasteiger partial charge in [-0.15, -0.1) is 0 Å². The van der Waals surface area contributed by atoms with Crippen molar-refractivity contribution in [1.29, 1.82) is 0 Å². The van der Waals surface area contributed by atoms with Crippen molar-refractivity contribution in [2.45, 2.75) is 22.7 Å². The van der Waals surface area contributed by atoms with Gasteiger partial charge in [-0.1, -0.05) is 67.1 Å². The van der Waals surface area contributed by atoms with E-state index in [2.05, 4.69) is 37.2 Å². The van der Waals surface area contributed by atoms with Crippen LogP contribution in [0.5, 0.6) is 5.75 Å². The lowest BCUT2D eigenvalue weighted by Gasteiger charge is -2.30. The molecular weight excluding hydrogens is 694 g/mol. The lowest BCUT2D eigenvalue weighted by atomic mass is 9.83. The number of imide groups is 1. The van der Waals surface area contributed by atoms with Crippen LogP contribution in [-0.4, -0.2) is 34.6 Å². The predicted molar refractivity (Wildman–Crippen MR) is 166 cm³/mol. The molecule has 0 spiro atoms. The van der Waals surface area contributed by atoms with Crippen molar-refractivity contribution in [1.82, 2.24) is 4.57 Å². The van der Waals surface area contributed by atoms with Gasteiger partial charge in [-0.05, 0) is 66.2 Å². The number of methoxy groups -OCH3 is 1. The van der Waals surface area contributed by atoms with Gasteiger partial charge in [0.25, 0.3) is 0 Å². The average molecular weight is 715 g/mol. The number of hydrogen-bond acceptors (Lipinski definition) is 7. The Kier molecular flexibility index (Phi) is 7.66. The average Bonchev–Trinajstić information content (AvgIpc) is 3.40. The van der Waals surface area contributed by atoms with Crippen molar-refractivity contribution < 1.29 is 19.1 Å². The van der Waals surface area contributed by atoms with Gasteiger partial charge in [-0.2, -0.15) is 0 Å². The van der Waals surface area contributed by atoms with Crippen LogP contribution in [0.1, 0.15) is 16.4 Å². The molecule has 208 valence electrons. The van der Waals surface area contributed by atoms with Crippen molar-refractivity contribution in [3.8, 4) is 5.75 Å². The van der Waals surface area contributed by atoms with Crippen LogP contribution in [0.4, 0.5) is 11.4 Å². The zero-order valence-electron chi connectivity index (χ0n) is 21.4. The van der Waals surface area contributed by atoms with Crippen LogP contribution in [-0.2, 0) is 20.9 Å². The van der Waals surface area contributed by atoms with Gasteiger partial charge in [0.05, 0.1) is 23.7 Å². The van der Waals surface area contributed by atoms with Gasteiger partial charge in [0, 0.05) is 25.4 Å². The molecule has 1 saturated heterocycles. The number of anilines is 2. The van der Waals surface area contributed by atoms with E-state index < -0.39 is 17.1 Å². The Morgan fingerprint density at radius 1 is 0.951 bits per heavy atom. The molecule has 0 aliphatic carbocycles. The van der Waals surface area contributed by atoms with Gasteiger partial charge in [0.1, 0.15) is 17.5 Å². The number of aromatic nitrogens is 1. The SMILES string of the molecule is COc1ccc(NC(=O)Cn2c3c(sc2=O)C(c2cccc(Br)c2)C2C(=O)N(c4ccc(Br)cc4)C(=O)C2S3)cc1. The minimum atomic E-state index is -0.757. The molecule has 41 heavy (non-hydrogen) atoms. The largest absolute Gasteiger partial charge is 0.497 e. The summed E-state index contributed by atoms with van der Waals surface area (Å²) in [7, 11) is 1.56. The Balaban J connectivity index is 1.39. The molecule has 8 nitrogen and oxygen atoms in total. The molecule has 12 heteroatoms. The smallest absolute Gasteiger partial charge is 0.308 e. The van der Waals surface area contributed by atoms with Crippen LogP contribution >= 0.6 is 55.0 Å². The zero-order chi connectivity index (χ0) is 28.8. The van der Waals surface area contributed by atoms with Crippen LogP contribution < -0.4 is 19.8 Å². The number of rotatable bonds is 6. The number of carbonyl (C=O) groups excluding carboxylic acids is 3. The van der Waals surface area contributed by atoms with Gasteiger partial charge < -0.3 is 10.1 Å². The molecule has 0 radical (unpaired) electrons. The topological polar surface area (TPSA) is 97.7 Å². The van der Waals surface area contributed by atoms with E-state index in [4.69, 9.17) is 4.74 Å². The summed E-state index contributed by atoms with van der Waals surface area (Å²) in [6.45, 7) is -0.231. The second-order valence-electron chi connectivity index (χ2n) is 9.49. The van der Waals surface area contributed by atoms with Crippen LogP contribution in [0, 0.1) is 5.92 Å². The first-order valence-electron chi connectivity index (χ1n) is 12.5. The summed E-state index contributed by atoms with van der Waals surface area (Å²) in [5, 5.41) is 2.59. The monoisotopic (exact) mass is 713 g/mol. The normalized spacial score (nSPS) is 19.6. The number of fused-ring (bicyclic) bond motifs is 2. The number of carbonyl (C=O) groups is 3. The van der Waals surface area contributed by atoms with Gasteiger partial charge >= 0.3 is 4.87 Å². The van der Waals surface area contributed by atoms with Gasteiger partial charge in [-0.3, -0.25) is 23.7 Å². The maximum absolute atomic E-state index is 13.9. The summed E-state index contributed by atoms with van der Waals surface area (Å²) < 4.78 is 8.22. The summed E-state index contributed by atoms with van der Waals surface area (Å²) in [6, 6.07) is 21.5. The molecule has 4 aromatic rings. The number of nitrogens with zero attached hydrogens (tertiary/aromatic N) is 2. The Labute approximate surface area is 260 Å². The van der Waals surface area contributed by atoms with E-state index in [1.54, 1.807) is 55.6 Å². The fraction of sp³-hybridized carbons (Fsp3) is 0.172. The number of amides is 3. The van der Waals surface area contributed by atoms with Crippen molar-refractivity contribution in [3.63, 3.8) is 0 Å². The second-order valence-corrected chi connectivity index (χ2v) is 13.4. The highest BCUT2D eigenvalue weighted by Gasteiger charge is 2.56. The van der Waals surface area contributed by atoms with E-state index in [0.29, 0.717) is 27.0 Å². The highest BCUT2D eigenvalue weighted by Crippen LogP contribution is 2.54. The number of thioether (sulfide) groups is 1. The van der Waals surface area contributed by atoms with E-state index in [1.807, 2.05) is 24.3 Å². The van der Waals surface area contributed by atoms with E-state index in [9.17, 15) is 19.2 Å². The maximum Gasteiger partial charge on any atom is 0.308 e. The molecule has 2 aliphatic heterocycles. The number of benzene rings is 3. The predicted octanol–water partition coefficient (Wildman–Crippen LogP) is 5.88. The van der Waals surface area contributed by atoms with Crippen LogP contribution in [0.15, 0.2) is 91.6 Å². The molecule has 1 fully saturated rings. The summed E-state index contributed by atoms with van der Waals surface area (Å²) in [4.78, 5) is 55.7. The Morgan fingerprint density at radius 3 is 2.37 bits per heavy atom. The minimum absolute atomic E-state index is 0.231. The van der Waals surface area contributed by atoms with Crippen molar-refractivity contribution in [2.75, 3.05) is 17.3 Å². The lowest BCUT2D eigenvalue weighted by Crippen LogP contribution is -2.33. The minimum Gasteiger partial charge on any atom is -0.497 e. The molecule has 3 atom stereocenters. The maximum atomic E-state index is 13.9. The third-order valence-electron chi connectivity index (χ3n) is 7.02. The van der Waals surface area contributed by atoms with E-state index >= 15 is 0 Å². The van der Waals surface area contributed by atoms with Crippen molar-refractivity contribution in [3.05, 3.63) is 102 Å². The molecule has 6 rings (SSSR count). The summed E-state index contributed by atoms with van der Waals surface area (Å²) >= 11 is 9.13. The summed E-state index contributed by atoms with van der Waals surface area (Å²) in [6.07, 6.45) is 0. The zero-order valence-corrected chi connectivity index (χ0v) is 26.2. The van der Waals surface area contributed by atoms with Crippen LogP contribution in [0.2, 0.25) is 0 Å². The van der Waals surface area contributed by atoms with Gasteiger partial charge in [0.15, 0.2) is 0 Å². The highest BCUT2D eigenvalue weighted by molar-refractivity contribution is 9.10. The number of nitrogens with one attached hydrogen (secondary N) is 1. The molecule has 0 bridgehead atoms. The first-order chi connectivity index (χ1) is 19.7. The third-order valence-corrected chi connectivity index (χ3v) is 10.6. The van der Waals surface area contributed by atoms with E-state index in [1.165, 1.54) is 21.2 Å². The van der Waals surface area contributed by atoms with Crippen LogP contribution in [0.25, 0.3) is 0 Å². The molecule has 0 saturated carbocycles. The molecule has 1 aromatic heterocycles. The van der Waals surface area contributed by atoms with Crippen molar-refractivity contribution >= 4 is 84.1 Å². The number of ether oxygens (including phenoxy) is 1. The fourth-order valence-corrected chi connectivity index (χ4v) is 8.63. The molecule has 3 aromatic carbocycles. The molecule has 1 N–H and O–H groups in total. The van der Waals surface area contributed by atoms with E-state index in [-0.39, 0.29) is 29.1 Å². The number of thiazole rings is 1. The summed E-state index contributed by atoms with van der Waals surface area (Å²) in [5.74, 6) is -1.62. The number of hydrogen-bond donors (Lipinski definition) is 1. The Bertz CT molecular complexity index is 1740. The Morgan fingerprint density at radius 2 is 1.68 bits per heavy atom. The third kappa shape index (κ3) is 5.18. The van der Waals surface area contributed by atoms with Gasteiger partial charge in [0.2, 0.25) is 17.7 Å². The Hall–Kier alpha value is -3.19.